The van der Waals surface area contributed by atoms with E-state index in [-0.39, 0.29) is 11.9 Å². The van der Waals surface area contributed by atoms with Gasteiger partial charge in [0.15, 0.2) is 0 Å². The van der Waals surface area contributed by atoms with Crippen LogP contribution < -0.4 is 15.5 Å². The zero-order valence-corrected chi connectivity index (χ0v) is 12.4. The minimum absolute atomic E-state index is 0.0424. The van der Waals surface area contributed by atoms with Gasteiger partial charge < -0.3 is 15.5 Å². The van der Waals surface area contributed by atoms with Gasteiger partial charge in [-0.25, -0.2) is 0 Å². The Kier molecular flexibility index (Phi) is 3.75. The maximum atomic E-state index is 12.2. The van der Waals surface area contributed by atoms with Crippen molar-refractivity contribution in [2.24, 2.45) is 0 Å². The van der Waals surface area contributed by atoms with Crippen molar-refractivity contribution >= 4 is 22.5 Å². The molecule has 1 saturated heterocycles. The zero-order chi connectivity index (χ0) is 14.8. The topological polar surface area (TPSA) is 57.3 Å². The Morgan fingerprint density at radius 3 is 3.05 bits per heavy atom. The quantitative estimate of drug-likeness (QED) is 0.866. The molecule has 2 aromatic rings. The van der Waals surface area contributed by atoms with Gasteiger partial charge in [0.25, 0.3) is 0 Å². The van der Waals surface area contributed by atoms with Crippen molar-refractivity contribution in [1.82, 2.24) is 15.6 Å². The molecule has 1 unspecified atom stereocenters. The Morgan fingerprint density at radius 1 is 1.43 bits per heavy atom. The molecule has 110 valence electrons. The van der Waals surface area contributed by atoms with Gasteiger partial charge in [-0.05, 0) is 19.1 Å². The number of amides is 1. The highest BCUT2D eigenvalue weighted by atomic mass is 16.2. The highest BCUT2D eigenvalue weighted by Crippen LogP contribution is 2.28. The largest absolute Gasteiger partial charge is 0.357 e. The first-order valence-electron chi connectivity index (χ1n) is 7.26. The number of rotatable bonds is 2. The fourth-order valence-electron chi connectivity index (χ4n) is 2.92. The fraction of sp³-hybridized carbons (Fsp3) is 0.375. The summed E-state index contributed by atoms with van der Waals surface area (Å²) >= 11 is 0. The third-order valence-corrected chi connectivity index (χ3v) is 3.92. The van der Waals surface area contributed by atoms with Crippen LogP contribution in [0.1, 0.15) is 5.69 Å². The smallest absolute Gasteiger partial charge is 0.243 e. The standard InChI is InChI=1S/C16H20N4O/c1-11-9-14(12-5-3-4-6-13(12)19-11)20-8-7-18-10-15(20)16(21)17-2/h3-6,9,15,18H,7-8,10H2,1-2H3,(H,17,21). The number of carbonyl (C=O) groups is 1. The lowest BCUT2D eigenvalue weighted by molar-refractivity contribution is -0.122. The fourth-order valence-corrected chi connectivity index (χ4v) is 2.92. The number of benzene rings is 1. The van der Waals surface area contributed by atoms with Gasteiger partial charge >= 0.3 is 0 Å². The Bertz CT molecular complexity index is 670. The van der Waals surface area contributed by atoms with Crippen LogP contribution >= 0.6 is 0 Å². The summed E-state index contributed by atoms with van der Waals surface area (Å²) in [5.41, 5.74) is 3.03. The summed E-state index contributed by atoms with van der Waals surface area (Å²) < 4.78 is 0. The molecule has 1 amide bonds. The molecule has 0 bridgehead atoms. The molecule has 1 aliphatic rings. The number of hydrogen-bond acceptors (Lipinski definition) is 4. The molecule has 2 heterocycles. The molecule has 0 radical (unpaired) electrons. The van der Waals surface area contributed by atoms with Gasteiger partial charge in [-0.2, -0.15) is 0 Å². The van der Waals surface area contributed by atoms with Crippen LogP contribution in [0, 0.1) is 6.92 Å². The lowest BCUT2D eigenvalue weighted by Crippen LogP contribution is -2.57. The maximum Gasteiger partial charge on any atom is 0.243 e. The van der Waals surface area contributed by atoms with E-state index in [0.717, 1.165) is 35.4 Å². The predicted octanol–water partition coefficient (Wildman–Crippen LogP) is 1.07. The Balaban J connectivity index is 2.11. The van der Waals surface area contributed by atoms with Crippen LogP contribution in [0.25, 0.3) is 10.9 Å². The number of carbonyl (C=O) groups excluding carboxylic acids is 1. The summed E-state index contributed by atoms with van der Waals surface area (Å²) in [4.78, 5) is 18.9. The summed E-state index contributed by atoms with van der Waals surface area (Å²) in [5.74, 6) is 0.0424. The number of aromatic nitrogens is 1. The number of likely N-dealkylation sites (N-methyl/N-ethyl adjacent to an activating group) is 1. The van der Waals surface area contributed by atoms with Gasteiger partial charge in [-0.3, -0.25) is 9.78 Å². The molecule has 1 atom stereocenters. The van der Waals surface area contributed by atoms with E-state index in [1.165, 1.54) is 0 Å². The average Bonchev–Trinajstić information content (AvgIpc) is 2.53. The van der Waals surface area contributed by atoms with Crippen LogP contribution in [0.5, 0.6) is 0 Å². The second-order valence-electron chi connectivity index (χ2n) is 5.33. The molecular weight excluding hydrogens is 264 g/mol. The molecule has 21 heavy (non-hydrogen) atoms. The third kappa shape index (κ3) is 2.56. The third-order valence-electron chi connectivity index (χ3n) is 3.92. The lowest BCUT2D eigenvalue weighted by atomic mass is 10.1. The van der Waals surface area contributed by atoms with Crippen LogP contribution in [-0.4, -0.2) is 43.6 Å². The first-order valence-corrected chi connectivity index (χ1v) is 7.26. The lowest BCUT2D eigenvalue weighted by Gasteiger charge is -2.37. The van der Waals surface area contributed by atoms with E-state index in [2.05, 4.69) is 32.7 Å². The Morgan fingerprint density at radius 2 is 2.24 bits per heavy atom. The minimum Gasteiger partial charge on any atom is -0.357 e. The van der Waals surface area contributed by atoms with Crippen molar-refractivity contribution in [2.45, 2.75) is 13.0 Å². The normalized spacial score (nSPS) is 18.8. The molecule has 3 rings (SSSR count). The summed E-state index contributed by atoms with van der Waals surface area (Å²) in [6, 6.07) is 9.98. The molecule has 0 saturated carbocycles. The highest BCUT2D eigenvalue weighted by molar-refractivity contribution is 5.95. The monoisotopic (exact) mass is 284 g/mol. The molecule has 2 N–H and O–H groups in total. The van der Waals surface area contributed by atoms with E-state index in [1.54, 1.807) is 7.05 Å². The van der Waals surface area contributed by atoms with E-state index in [4.69, 9.17) is 0 Å². The summed E-state index contributed by atoms with van der Waals surface area (Å²) in [6.07, 6.45) is 0. The first kappa shape index (κ1) is 13.8. The van der Waals surface area contributed by atoms with Gasteiger partial charge in [-0.15, -0.1) is 0 Å². The second-order valence-corrected chi connectivity index (χ2v) is 5.33. The maximum absolute atomic E-state index is 12.2. The number of piperazine rings is 1. The molecule has 5 nitrogen and oxygen atoms in total. The Labute approximate surface area is 124 Å². The molecule has 1 fully saturated rings. The van der Waals surface area contributed by atoms with Gasteiger partial charge in [-0.1, -0.05) is 18.2 Å². The van der Waals surface area contributed by atoms with Gasteiger partial charge in [0.2, 0.25) is 5.91 Å². The minimum atomic E-state index is -0.186. The molecule has 1 aromatic carbocycles. The van der Waals surface area contributed by atoms with E-state index < -0.39 is 0 Å². The number of nitrogens with zero attached hydrogens (tertiary/aromatic N) is 2. The number of hydrogen-bond donors (Lipinski definition) is 2. The van der Waals surface area contributed by atoms with Crippen molar-refractivity contribution in [3.05, 3.63) is 36.0 Å². The van der Waals surface area contributed by atoms with Crippen molar-refractivity contribution < 1.29 is 4.79 Å². The van der Waals surface area contributed by atoms with E-state index in [0.29, 0.717) is 6.54 Å². The van der Waals surface area contributed by atoms with E-state index >= 15 is 0 Å². The summed E-state index contributed by atoms with van der Waals surface area (Å²) in [7, 11) is 1.69. The highest BCUT2D eigenvalue weighted by Gasteiger charge is 2.29. The van der Waals surface area contributed by atoms with E-state index in [9.17, 15) is 4.79 Å². The Hall–Kier alpha value is -2.14. The SMILES string of the molecule is CNC(=O)C1CNCCN1c1cc(C)nc2ccccc12. The predicted molar refractivity (Wildman–Crippen MR) is 84.6 cm³/mol. The van der Waals surface area contributed by atoms with Crippen LogP contribution in [0.2, 0.25) is 0 Å². The van der Waals surface area contributed by atoms with Crippen LogP contribution in [0.15, 0.2) is 30.3 Å². The van der Waals surface area contributed by atoms with Gasteiger partial charge in [0.1, 0.15) is 6.04 Å². The second kappa shape index (κ2) is 5.69. The van der Waals surface area contributed by atoms with Gasteiger partial charge in [0.05, 0.1) is 5.52 Å². The number of nitrogens with one attached hydrogen (secondary N) is 2. The number of fused-ring (bicyclic) bond motifs is 1. The molecular formula is C16H20N4O. The van der Waals surface area contributed by atoms with Gasteiger partial charge in [0, 0.05) is 43.4 Å². The molecule has 0 aliphatic carbocycles. The van der Waals surface area contributed by atoms with Crippen LogP contribution in [-0.2, 0) is 4.79 Å². The van der Waals surface area contributed by atoms with E-state index in [1.807, 2.05) is 25.1 Å². The van der Waals surface area contributed by atoms with Crippen LogP contribution in [0.3, 0.4) is 0 Å². The van der Waals surface area contributed by atoms with Crippen molar-refractivity contribution in [3.8, 4) is 0 Å². The van der Waals surface area contributed by atoms with Crippen molar-refractivity contribution in [3.63, 3.8) is 0 Å². The zero-order valence-electron chi connectivity index (χ0n) is 12.4. The molecule has 0 spiro atoms. The summed E-state index contributed by atoms with van der Waals surface area (Å²) in [6.45, 7) is 4.34. The number of aryl methyl sites for hydroxylation is 1. The average molecular weight is 284 g/mol. The summed E-state index contributed by atoms with van der Waals surface area (Å²) in [5, 5.41) is 7.15. The van der Waals surface area contributed by atoms with Crippen molar-refractivity contribution in [1.29, 1.82) is 0 Å². The number of anilines is 1. The number of para-hydroxylation sites is 1. The van der Waals surface area contributed by atoms with Crippen molar-refractivity contribution in [2.75, 3.05) is 31.6 Å². The molecule has 1 aromatic heterocycles. The molecule has 1 aliphatic heterocycles. The van der Waals surface area contributed by atoms with Crippen LogP contribution in [0.4, 0.5) is 5.69 Å². The first-order chi connectivity index (χ1) is 10.2. The number of pyridine rings is 1. The molecule has 5 heteroatoms.